The average molecular weight is 324 g/mol. The summed E-state index contributed by atoms with van der Waals surface area (Å²) in [7, 11) is 1.84. The number of hydrogen-bond donors (Lipinski definition) is 0. The van der Waals surface area contributed by atoms with E-state index in [1.165, 1.54) is 5.56 Å². The molecule has 1 aliphatic rings. The highest BCUT2D eigenvalue weighted by Crippen LogP contribution is 2.32. The van der Waals surface area contributed by atoms with Crippen molar-refractivity contribution >= 4 is 5.91 Å². The first kappa shape index (κ1) is 16.6. The number of aromatic nitrogens is 3. The summed E-state index contributed by atoms with van der Waals surface area (Å²) in [6.07, 6.45) is 8.11. The second-order valence-electron chi connectivity index (χ2n) is 7.42. The van der Waals surface area contributed by atoms with Gasteiger partial charge in [-0.25, -0.2) is 9.97 Å². The zero-order valence-corrected chi connectivity index (χ0v) is 14.8. The summed E-state index contributed by atoms with van der Waals surface area (Å²) >= 11 is 0. The summed E-state index contributed by atoms with van der Waals surface area (Å²) < 4.78 is 0. The Morgan fingerprint density at radius 3 is 2.58 bits per heavy atom. The molecule has 5 heteroatoms. The van der Waals surface area contributed by atoms with E-state index in [1.54, 1.807) is 23.5 Å². The molecule has 0 saturated heterocycles. The van der Waals surface area contributed by atoms with E-state index in [-0.39, 0.29) is 17.4 Å². The predicted molar refractivity (Wildman–Crippen MR) is 92.7 cm³/mol. The SMILES string of the molecule is CN(C(=O)c1cnc(C(C)(C)C)nc1)C1CCCc2cccnc21. The van der Waals surface area contributed by atoms with E-state index in [0.717, 1.165) is 30.8 Å². The topological polar surface area (TPSA) is 59.0 Å². The first-order chi connectivity index (χ1) is 11.4. The number of carbonyl (C=O) groups excluding carboxylic acids is 1. The van der Waals surface area contributed by atoms with Crippen molar-refractivity contribution in [2.75, 3.05) is 7.05 Å². The number of rotatable bonds is 2. The van der Waals surface area contributed by atoms with Crippen LogP contribution in [0.25, 0.3) is 0 Å². The van der Waals surface area contributed by atoms with Crippen molar-refractivity contribution in [2.45, 2.75) is 51.5 Å². The van der Waals surface area contributed by atoms with E-state index in [0.29, 0.717) is 5.56 Å². The highest BCUT2D eigenvalue weighted by molar-refractivity contribution is 5.93. The monoisotopic (exact) mass is 324 g/mol. The van der Waals surface area contributed by atoms with Gasteiger partial charge >= 0.3 is 0 Å². The largest absolute Gasteiger partial charge is 0.333 e. The predicted octanol–water partition coefficient (Wildman–Crippen LogP) is 3.32. The molecule has 1 aliphatic carbocycles. The van der Waals surface area contributed by atoms with Crippen LogP contribution in [0.5, 0.6) is 0 Å². The van der Waals surface area contributed by atoms with Gasteiger partial charge in [0, 0.05) is 31.1 Å². The van der Waals surface area contributed by atoms with Gasteiger partial charge in [-0.15, -0.1) is 0 Å². The van der Waals surface area contributed by atoms with Gasteiger partial charge in [0.05, 0.1) is 17.3 Å². The first-order valence-corrected chi connectivity index (χ1v) is 8.41. The molecule has 5 nitrogen and oxygen atoms in total. The molecule has 3 rings (SSSR count). The standard InChI is InChI=1S/C19H24N4O/c1-19(2,3)18-21-11-14(12-22-18)17(24)23(4)15-9-5-7-13-8-6-10-20-16(13)15/h6,8,10-12,15H,5,7,9H2,1-4H3. The van der Waals surface area contributed by atoms with E-state index in [2.05, 4.69) is 41.8 Å². The third kappa shape index (κ3) is 3.16. The first-order valence-electron chi connectivity index (χ1n) is 8.41. The van der Waals surface area contributed by atoms with Crippen LogP contribution in [0.1, 0.15) is 67.1 Å². The number of pyridine rings is 1. The molecule has 0 aromatic carbocycles. The number of carbonyl (C=O) groups is 1. The van der Waals surface area contributed by atoms with Gasteiger partial charge in [-0.2, -0.15) is 0 Å². The van der Waals surface area contributed by atoms with Crippen molar-refractivity contribution in [3.63, 3.8) is 0 Å². The minimum Gasteiger partial charge on any atom is -0.333 e. The van der Waals surface area contributed by atoms with Crippen LogP contribution >= 0.6 is 0 Å². The van der Waals surface area contributed by atoms with Gasteiger partial charge in [0.1, 0.15) is 5.82 Å². The Morgan fingerprint density at radius 2 is 1.92 bits per heavy atom. The second-order valence-corrected chi connectivity index (χ2v) is 7.42. The molecule has 0 spiro atoms. The lowest BCUT2D eigenvalue weighted by Gasteiger charge is -2.32. The maximum Gasteiger partial charge on any atom is 0.257 e. The summed E-state index contributed by atoms with van der Waals surface area (Å²) in [5.41, 5.74) is 2.66. The third-order valence-electron chi connectivity index (χ3n) is 4.52. The van der Waals surface area contributed by atoms with E-state index in [1.807, 2.05) is 13.1 Å². The Kier molecular flexibility index (Phi) is 4.35. The molecule has 2 heterocycles. The van der Waals surface area contributed by atoms with Crippen LogP contribution in [-0.4, -0.2) is 32.8 Å². The van der Waals surface area contributed by atoms with Gasteiger partial charge in [-0.05, 0) is 30.9 Å². The average Bonchev–Trinajstić information content (AvgIpc) is 2.59. The number of nitrogens with zero attached hydrogens (tertiary/aromatic N) is 4. The van der Waals surface area contributed by atoms with E-state index >= 15 is 0 Å². The molecule has 1 amide bonds. The Labute approximate surface area is 143 Å². The van der Waals surface area contributed by atoms with E-state index < -0.39 is 0 Å². The fourth-order valence-corrected chi connectivity index (χ4v) is 3.13. The Morgan fingerprint density at radius 1 is 1.21 bits per heavy atom. The lowest BCUT2D eigenvalue weighted by Crippen LogP contribution is -2.34. The van der Waals surface area contributed by atoms with Crippen molar-refractivity contribution in [1.29, 1.82) is 0 Å². The molecule has 0 saturated carbocycles. The van der Waals surface area contributed by atoms with Gasteiger partial charge in [0.25, 0.3) is 5.91 Å². The minimum atomic E-state index is -0.125. The summed E-state index contributed by atoms with van der Waals surface area (Å²) in [5.74, 6) is 0.686. The fourth-order valence-electron chi connectivity index (χ4n) is 3.13. The fraction of sp³-hybridized carbons (Fsp3) is 0.474. The summed E-state index contributed by atoms with van der Waals surface area (Å²) in [4.78, 5) is 27.9. The molecule has 1 atom stereocenters. The minimum absolute atomic E-state index is 0.0183. The van der Waals surface area contributed by atoms with Crippen molar-refractivity contribution < 1.29 is 4.79 Å². The lowest BCUT2D eigenvalue weighted by atomic mass is 9.91. The van der Waals surface area contributed by atoms with Crippen LogP contribution in [0.15, 0.2) is 30.7 Å². The summed E-state index contributed by atoms with van der Waals surface area (Å²) in [6, 6.07) is 4.08. The summed E-state index contributed by atoms with van der Waals surface area (Å²) in [5, 5.41) is 0. The Hall–Kier alpha value is -2.30. The van der Waals surface area contributed by atoms with Crippen LogP contribution in [0.2, 0.25) is 0 Å². The normalized spacial score (nSPS) is 17.2. The maximum absolute atomic E-state index is 12.8. The van der Waals surface area contributed by atoms with E-state index in [4.69, 9.17) is 0 Å². The molecule has 2 aromatic heterocycles. The summed E-state index contributed by atoms with van der Waals surface area (Å²) in [6.45, 7) is 6.17. The molecule has 0 bridgehead atoms. The zero-order valence-electron chi connectivity index (χ0n) is 14.8. The highest BCUT2D eigenvalue weighted by Gasteiger charge is 2.29. The third-order valence-corrected chi connectivity index (χ3v) is 4.52. The van der Waals surface area contributed by atoms with Crippen LogP contribution in [-0.2, 0) is 11.8 Å². The van der Waals surface area contributed by atoms with Gasteiger partial charge in [0.15, 0.2) is 0 Å². The number of fused-ring (bicyclic) bond motifs is 1. The lowest BCUT2D eigenvalue weighted by molar-refractivity contribution is 0.0710. The molecule has 24 heavy (non-hydrogen) atoms. The molecule has 1 unspecified atom stereocenters. The molecule has 0 fully saturated rings. The van der Waals surface area contributed by atoms with Crippen LogP contribution in [0.3, 0.4) is 0 Å². The van der Waals surface area contributed by atoms with Gasteiger partial charge in [-0.3, -0.25) is 9.78 Å². The van der Waals surface area contributed by atoms with Crippen LogP contribution < -0.4 is 0 Å². The molecule has 0 N–H and O–H groups in total. The van der Waals surface area contributed by atoms with Crippen molar-refractivity contribution in [1.82, 2.24) is 19.9 Å². The number of hydrogen-bond acceptors (Lipinski definition) is 4. The molecule has 0 radical (unpaired) electrons. The number of aryl methyl sites for hydroxylation is 1. The maximum atomic E-state index is 12.8. The van der Waals surface area contributed by atoms with Crippen molar-refractivity contribution in [2.24, 2.45) is 0 Å². The highest BCUT2D eigenvalue weighted by atomic mass is 16.2. The quantitative estimate of drug-likeness (QED) is 0.850. The molecular formula is C19H24N4O. The molecule has 2 aromatic rings. The van der Waals surface area contributed by atoms with Gasteiger partial charge in [0.2, 0.25) is 0 Å². The Bertz CT molecular complexity index is 734. The van der Waals surface area contributed by atoms with Gasteiger partial charge < -0.3 is 4.90 Å². The smallest absolute Gasteiger partial charge is 0.257 e. The van der Waals surface area contributed by atoms with Crippen LogP contribution in [0, 0.1) is 0 Å². The molecule has 0 aliphatic heterocycles. The van der Waals surface area contributed by atoms with E-state index in [9.17, 15) is 4.79 Å². The molecule has 126 valence electrons. The zero-order chi connectivity index (χ0) is 17.3. The second kappa shape index (κ2) is 6.30. The number of amides is 1. The molecular weight excluding hydrogens is 300 g/mol. The van der Waals surface area contributed by atoms with Gasteiger partial charge in [-0.1, -0.05) is 26.8 Å². The van der Waals surface area contributed by atoms with Crippen molar-refractivity contribution in [3.05, 3.63) is 53.4 Å². The van der Waals surface area contributed by atoms with Crippen LogP contribution in [0.4, 0.5) is 0 Å². The Balaban J connectivity index is 1.83. The van der Waals surface area contributed by atoms with Crippen molar-refractivity contribution in [3.8, 4) is 0 Å².